The van der Waals surface area contributed by atoms with E-state index in [0.717, 1.165) is 19.5 Å². The van der Waals surface area contributed by atoms with Gasteiger partial charge in [0.1, 0.15) is 0 Å². The minimum Gasteiger partial charge on any atom is -0.395 e. The van der Waals surface area contributed by atoms with E-state index in [0.29, 0.717) is 19.1 Å². The first kappa shape index (κ1) is 16.1. The van der Waals surface area contributed by atoms with Gasteiger partial charge in [-0.3, -0.25) is 4.90 Å². The molecule has 1 aromatic rings. The van der Waals surface area contributed by atoms with Crippen LogP contribution in [0.5, 0.6) is 0 Å². The van der Waals surface area contributed by atoms with Crippen molar-refractivity contribution in [3.8, 4) is 0 Å². The molecule has 0 radical (unpaired) electrons. The number of rotatable bonds is 10. The molecule has 1 atom stereocenters. The molecule has 0 heterocycles. The van der Waals surface area contributed by atoms with Crippen LogP contribution in [-0.4, -0.2) is 54.5 Å². The van der Waals surface area contributed by atoms with Crippen LogP contribution in [-0.2, 0) is 0 Å². The summed E-state index contributed by atoms with van der Waals surface area (Å²) in [6.07, 6.45) is 0.970. The zero-order valence-corrected chi connectivity index (χ0v) is 11.8. The Kier molecular flexibility index (Phi) is 8.41. The van der Waals surface area contributed by atoms with Crippen molar-refractivity contribution in [2.45, 2.75) is 19.4 Å². The molecule has 0 spiro atoms. The molecule has 1 aromatic carbocycles. The first-order chi connectivity index (χ1) is 9.31. The molecule has 4 nitrogen and oxygen atoms in total. The van der Waals surface area contributed by atoms with Gasteiger partial charge in [-0.15, -0.1) is 0 Å². The minimum absolute atomic E-state index is 0.136. The molecule has 0 bridgehead atoms. The average Bonchev–Trinajstić information content (AvgIpc) is 2.44. The predicted octanol–water partition coefficient (Wildman–Crippen LogP) is 1.01. The number of hydrogen-bond donors (Lipinski definition) is 3. The quantitative estimate of drug-likeness (QED) is 0.592. The summed E-state index contributed by atoms with van der Waals surface area (Å²) < 4.78 is 0. The van der Waals surface area contributed by atoms with E-state index in [4.69, 9.17) is 10.2 Å². The maximum Gasteiger partial charge on any atom is 0.0558 e. The molecule has 3 N–H and O–H groups in total. The molecular weight excluding hydrogens is 240 g/mol. The van der Waals surface area contributed by atoms with Crippen molar-refractivity contribution in [2.75, 3.05) is 39.4 Å². The van der Waals surface area contributed by atoms with Crippen molar-refractivity contribution < 1.29 is 10.2 Å². The second-order valence-corrected chi connectivity index (χ2v) is 4.60. The molecule has 19 heavy (non-hydrogen) atoms. The van der Waals surface area contributed by atoms with Gasteiger partial charge in [0.25, 0.3) is 0 Å². The van der Waals surface area contributed by atoms with E-state index in [1.54, 1.807) is 0 Å². The van der Waals surface area contributed by atoms with Crippen LogP contribution in [0.15, 0.2) is 30.3 Å². The van der Waals surface area contributed by atoms with Crippen LogP contribution in [0, 0.1) is 0 Å². The maximum absolute atomic E-state index is 9.01. The number of aliphatic hydroxyl groups excluding tert-OH is 2. The smallest absolute Gasteiger partial charge is 0.0558 e. The Hall–Kier alpha value is -0.940. The van der Waals surface area contributed by atoms with E-state index >= 15 is 0 Å². The summed E-state index contributed by atoms with van der Waals surface area (Å²) in [4.78, 5) is 2.09. The summed E-state index contributed by atoms with van der Waals surface area (Å²) in [6, 6.07) is 10.7. The average molecular weight is 266 g/mol. The predicted molar refractivity (Wildman–Crippen MR) is 78.1 cm³/mol. The van der Waals surface area contributed by atoms with Gasteiger partial charge >= 0.3 is 0 Å². The Balaban J connectivity index is 2.53. The first-order valence-corrected chi connectivity index (χ1v) is 7.04. The summed E-state index contributed by atoms with van der Waals surface area (Å²) in [6.45, 7) is 5.42. The van der Waals surface area contributed by atoms with Gasteiger partial charge in [0.05, 0.1) is 13.2 Å². The number of hydrogen-bond acceptors (Lipinski definition) is 4. The Bertz CT molecular complexity index is 313. The van der Waals surface area contributed by atoms with E-state index in [1.165, 1.54) is 5.56 Å². The molecule has 0 saturated carbocycles. The lowest BCUT2D eigenvalue weighted by Gasteiger charge is -2.24. The third-order valence-electron chi connectivity index (χ3n) is 3.22. The van der Waals surface area contributed by atoms with Gasteiger partial charge in [-0.2, -0.15) is 0 Å². The zero-order chi connectivity index (χ0) is 13.9. The number of benzene rings is 1. The summed E-state index contributed by atoms with van der Waals surface area (Å²) >= 11 is 0. The van der Waals surface area contributed by atoms with Gasteiger partial charge in [0.2, 0.25) is 0 Å². The van der Waals surface area contributed by atoms with Crippen LogP contribution in [0.2, 0.25) is 0 Å². The first-order valence-electron chi connectivity index (χ1n) is 7.04. The highest BCUT2D eigenvalue weighted by Gasteiger charge is 2.12. The molecule has 1 rings (SSSR count). The van der Waals surface area contributed by atoms with Crippen LogP contribution in [0.3, 0.4) is 0 Å². The fourth-order valence-corrected chi connectivity index (χ4v) is 2.25. The monoisotopic (exact) mass is 266 g/mol. The normalized spacial score (nSPS) is 12.8. The van der Waals surface area contributed by atoms with Crippen LogP contribution >= 0.6 is 0 Å². The molecule has 0 aliphatic carbocycles. The van der Waals surface area contributed by atoms with Gasteiger partial charge in [-0.1, -0.05) is 37.3 Å². The Labute approximate surface area is 116 Å². The SMILES string of the molecule is CCNC(CCN(CCO)CCO)c1ccccc1. The molecule has 108 valence electrons. The topological polar surface area (TPSA) is 55.7 Å². The largest absolute Gasteiger partial charge is 0.395 e. The third-order valence-corrected chi connectivity index (χ3v) is 3.22. The van der Waals surface area contributed by atoms with Gasteiger partial charge in [-0.25, -0.2) is 0 Å². The van der Waals surface area contributed by atoms with Gasteiger partial charge in [0, 0.05) is 25.7 Å². The van der Waals surface area contributed by atoms with Gasteiger partial charge in [0.15, 0.2) is 0 Å². The van der Waals surface area contributed by atoms with Crippen molar-refractivity contribution in [1.82, 2.24) is 10.2 Å². The van der Waals surface area contributed by atoms with Crippen molar-refractivity contribution in [3.05, 3.63) is 35.9 Å². The second-order valence-electron chi connectivity index (χ2n) is 4.60. The highest BCUT2D eigenvalue weighted by atomic mass is 16.3. The molecule has 0 aromatic heterocycles. The molecule has 0 amide bonds. The Morgan fingerprint density at radius 1 is 1.05 bits per heavy atom. The van der Waals surface area contributed by atoms with Crippen molar-refractivity contribution >= 4 is 0 Å². The molecule has 0 aliphatic heterocycles. The number of aliphatic hydroxyl groups is 2. The molecule has 0 aliphatic rings. The lowest BCUT2D eigenvalue weighted by molar-refractivity contribution is 0.156. The standard InChI is InChI=1S/C15H26N2O2/c1-2-16-15(14-6-4-3-5-7-14)8-9-17(10-12-18)11-13-19/h3-7,15-16,18-19H,2,8-13H2,1H3. The minimum atomic E-state index is 0.136. The summed E-state index contributed by atoms with van der Waals surface area (Å²) in [5.41, 5.74) is 1.29. The van der Waals surface area contributed by atoms with E-state index in [9.17, 15) is 0 Å². The molecular formula is C15H26N2O2. The van der Waals surface area contributed by atoms with E-state index in [2.05, 4.69) is 41.4 Å². The fourth-order valence-electron chi connectivity index (χ4n) is 2.25. The third kappa shape index (κ3) is 6.16. The number of nitrogens with one attached hydrogen (secondary N) is 1. The van der Waals surface area contributed by atoms with Gasteiger partial charge in [-0.05, 0) is 18.5 Å². The lowest BCUT2D eigenvalue weighted by Crippen LogP contribution is -2.33. The van der Waals surface area contributed by atoms with Crippen molar-refractivity contribution in [2.24, 2.45) is 0 Å². The highest BCUT2D eigenvalue weighted by Crippen LogP contribution is 2.16. The zero-order valence-electron chi connectivity index (χ0n) is 11.8. The van der Waals surface area contributed by atoms with Crippen molar-refractivity contribution in [1.29, 1.82) is 0 Å². The Morgan fingerprint density at radius 2 is 1.68 bits per heavy atom. The van der Waals surface area contributed by atoms with E-state index < -0.39 is 0 Å². The molecule has 0 fully saturated rings. The van der Waals surface area contributed by atoms with E-state index in [-0.39, 0.29) is 13.2 Å². The van der Waals surface area contributed by atoms with Crippen LogP contribution in [0.4, 0.5) is 0 Å². The summed E-state index contributed by atoms with van der Waals surface area (Å²) in [5.74, 6) is 0. The maximum atomic E-state index is 9.01. The van der Waals surface area contributed by atoms with Crippen LogP contribution < -0.4 is 5.32 Å². The summed E-state index contributed by atoms with van der Waals surface area (Å²) in [7, 11) is 0. The van der Waals surface area contributed by atoms with Gasteiger partial charge < -0.3 is 15.5 Å². The molecule has 0 saturated heterocycles. The summed E-state index contributed by atoms with van der Waals surface area (Å²) in [5, 5.41) is 21.5. The van der Waals surface area contributed by atoms with E-state index in [1.807, 2.05) is 6.07 Å². The number of nitrogens with zero attached hydrogens (tertiary/aromatic N) is 1. The van der Waals surface area contributed by atoms with Crippen LogP contribution in [0.25, 0.3) is 0 Å². The van der Waals surface area contributed by atoms with Crippen LogP contribution in [0.1, 0.15) is 24.9 Å². The van der Waals surface area contributed by atoms with Crippen molar-refractivity contribution in [3.63, 3.8) is 0 Å². The second kappa shape index (κ2) is 9.92. The lowest BCUT2D eigenvalue weighted by atomic mass is 10.0. The molecule has 4 heteroatoms. The molecule has 1 unspecified atom stereocenters. The Morgan fingerprint density at radius 3 is 2.21 bits per heavy atom. The fraction of sp³-hybridized carbons (Fsp3) is 0.600. The highest BCUT2D eigenvalue weighted by molar-refractivity contribution is 5.18.